The van der Waals surface area contributed by atoms with Gasteiger partial charge in [-0.3, -0.25) is 4.90 Å². The van der Waals surface area contributed by atoms with Crippen LogP contribution in [-0.4, -0.2) is 84.7 Å². The minimum Gasteiger partial charge on any atom is -0.422 e. The van der Waals surface area contributed by atoms with Crippen LogP contribution in [0.4, 0.5) is 10.5 Å². The van der Waals surface area contributed by atoms with Crippen molar-refractivity contribution in [1.29, 1.82) is 0 Å². The van der Waals surface area contributed by atoms with Gasteiger partial charge in [0.15, 0.2) is 0 Å². The highest BCUT2D eigenvalue weighted by Gasteiger charge is 2.21. The normalized spacial score (nSPS) is 15.7. The number of aliphatic hydroxyl groups excluding tert-OH is 2. The van der Waals surface area contributed by atoms with Crippen molar-refractivity contribution in [2.45, 2.75) is 26.3 Å². The number of hydrogen-bond donors (Lipinski definition) is 3. The second kappa shape index (κ2) is 10.7. The van der Waals surface area contributed by atoms with Crippen LogP contribution in [0.5, 0.6) is 0 Å². The highest BCUT2D eigenvalue weighted by atomic mass is 16.5. The summed E-state index contributed by atoms with van der Waals surface area (Å²) in [5.41, 5.74) is 2.05. The fourth-order valence-corrected chi connectivity index (χ4v) is 3.91. The summed E-state index contributed by atoms with van der Waals surface area (Å²) in [7, 11) is 0. The van der Waals surface area contributed by atoms with E-state index in [-0.39, 0.29) is 38.0 Å². The molecular weight excluding hydrogens is 402 g/mol. The molecule has 1 aliphatic heterocycles. The van der Waals surface area contributed by atoms with Gasteiger partial charge in [-0.1, -0.05) is 0 Å². The van der Waals surface area contributed by atoms with Crippen molar-refractivity contribution in [2.24, 2.45) is 0 Å². The molecule has 9 heteroatoms. The molecule has 3 rings (SSSR count). The molecule has 1 saturated heterocycles. The Labute approximate surface area is 181 Å². The number of ether oxygens (including phenoxy) is 1. The number of morpholine rings is 1. The maximum Gasteiger partial charge on any atom is 0.339 e. The number of amides is 2. The summed E-state index contributed by atoms with van der Waals surface area (Å²) in [6.07, 6.45) is 0.597. The molecule has 2 amide bonds. The highest BCUT2D eigenvalue weighted by molar-refractivity contribution is 5.92. The van der Waals surface area contributed by atoms with Crippen molar-refractivity contribution < 1.29 is 24.2 Å². The molecule has 0 bridgehead atoms. The van der Waals surface area contributed by atoms with E-state index in [9.17, 15) is 9.59 Å². The van der Waals surface area contributed by atoms with E-state index in [0.717, 1.165) is 24.0 Å². The molecule has 1 aliphatic rings. The predicted octanol–water partition coefficient (Wildman–Crippen LogP) is 1.18. The molecule has 2 heterocycles. The summed E-state index contributed by atoms with van der Waals surface area (Å²) >= 11 is 0. The third-order valence-electron chi connectivity index (χ3n) is 5.73. The number of carbonyl (C=O) groups excluding carboxylic acids is 1. The maximum atomic E-state index is 12.7. The first-order valence-electron chi connectivity index (χ1n) is 10.6. The van der Waals surface area contributed by atoms with Gasteiger partial charge in [0.1, 0.15) is 5.58 Å². The fraction of sp³-hybridized carbons (Fsp3) is 0.545. The molecule has 1 atom stereocenters. The topological polar surface area (TPSA) is 115 Å². The largest absolute Gasteiger partial charge is 0.422 e. The van der Waals surface area contributed by atoms with Crippen LogP contribution in [0.15, 0.2) is 27.4 Å². The molecule has 1 fully saturated rings. The van der Waals surface area contributed by atoms with Gasteiger partial charge in [-0.15, -0.1) is 0 Å². The number of benzene rings is 1. The van der Waals surface area contributed by atoms with E-state index >= 15 is 0 Å². The molecule has 1 aromatic heterocycles. The minimum absolute atomic E-state index is 0.110. The standard InChI is InChI=1S/C22H31N3O6/c1-15(24-7-11-30-12-8-24)13-19-16(2)18-4-3-17(14-20(18)31-21(19)28)23-22(29)25(5-9-26)6-10-27/h3-4,14-15,26-27H,5-13H2,1-2H3,(H,23,29). The molecule has 31 heavy (non-hydrogen) atoms. The molecule has 9 nitrogen and oxygen atoms in total. The summed E-state index contributed by atoms with van der Waals surface area (Å²) in [4.78, 5) is 28.7. The molecule has 0 spiro atoms. The lowest BCUT2D eigenvalue weighted by Gasteiger charge is -2.32. The molecule has 170 valence electrons. The summed E-state index contributed by atoms with van der Waals surface area (Å²) in [5.74, 6) is 0. The van der Waals surface area contributed by atoms with Crippen LogP contribution < -0.4 is 10.9 Å². The van der Waals surface area contributed by atoms with Crippen LogP contribution in [0.25, 0.3) is 11.0 Å². The summed E-state index contributed by atoms with van der Waals surface area (Å²) in [5, 5.41) is 21.7. The SMILES string of the molecule is Cc1c(CC(C)N2CCOCC2)c(=O)oc2cc(NC(=O)N(CCO)CCO)ccc12. The monoisotopic (exact) mass is 433 g/mol. The number of rotatable bonds is 8. The van der Waals surface area contributed by atoms with Crippen LogP contribution in [0.3, 0.4) is 0 Å². The number of carbonyl (C=O) groups is 1. The second-order valence-electron chi connectivity index (χ2n) is 7.77. The number of anilines is 1. The second-order valence-corrected chi connectivity index (χ2v) is 7.77. The lowest BCUT2D eigenvalue weighted by molar-refractivity contribution is 0.0202. The molecule has 0 radical (unpaired) electrons. The Morgan fingerprint density at radius 1 is 1.23 bits per heavy atom. The van der Waals surface area contributed by atoms with Crippen molar-refractivity contribution >= 4 is 22.7 Å². The molecule has 0 aliphatic carbocycles. The van der Waals surface area contributed by atoms with E-state index < -0.39 is 6.03 Å². The Morgan fingerprint density at radius 2 is 1.90 bits per heavy atom. The van der Waals surface area contributed by atoms with Gasteiger partial charge in [0.25, 0.3) is 0 Å². The highest BCUT2D eigenvalue weighted by Crippen LogP contribution is 2.24. The Morgan fingerprint density at radius 3 is 2.55 bits per heavy atom. The van der Waals surface area contributed by atoms with Crippen molar-refractivity contribution in [3.05, 3.63) is 39.7 Å². The van der Waals surface area contributed by atoms with Crippen molar-refractivity contribution in [2.75, 3.05) is 57.9 Å². The third kappa shape index (κ3) is 5.62. The first-order valence-corrected chi connectivity index (χ1v) is 10.6. The quantitative estimate of drug-likeness (QED) is 0.536. The number of aryl methyl sites for hydroxylation is 1. The van der Waals surface area contributed by atoms with Gasteiger partial charge >= 0.3 is 11.7 Å². The number of aliphatic hydroxyl groups is 2. The Balaban J connectivity index is 1.80. The number of urea groups is 1. The number of nitrogens with one attached hydrogen (secondary N) is 1. The Bertz CT molecular complexity index is 948. The zero-order valence-electron chi connectivity index (χ0n) is 18.1. The summed E-state index contributed by atoms with van der Waals surface area (Å²) in [6, 6.07) is 4.95. The Kier molecular flexibility index (Phi) is 8.03. The molecule has 0 saturated carbocycles. The van der Waals surface area contributed by atoms with Crippen molar-refractivity contribution in [3.8, 4) is 0 Å². The van der Waals surface area contributed by atoms with E-state index in [1.54, 1.807) is 12.1 Å². The van der Waals surface area contributed by atoms with Crippen LogP contribution in [0.2, 0.25) is 0 Å². The fourth-order valence-electron chi connectivity index (χ4n) is 3.91. The first-order chi connectivity index (χ1) is 14.9. The van der Waals surface area contributed by atoms with Crippen molar-refractivity contribution in [3.63, 3.8) is 0 Å². The lowest BCUT2D eigenvalue weighted by atomic mass is 9.99. The zero-order chi connectivity index (χ0) is 22.4. The molecule has 1 aromatic carbocycles. The zero-order valence-corrected chi connectivity index (χ0v) is 18.1. The van der Waals surface area contributed by atoms with E-state index in [1.165, 1.54) is 4.90 Å². The van der Waals surface area contributed by atoms with Gasteiger partial charge < -0.3 is 29.6 Å². The van der Waals surface area contributed by atoms with Crippen LogP contribution in [0.1, 0.15) is 18.1 Å². The number of fused-ring (bicyclic) bond motifs is 1. The average molecular weight is 434 g/mol. The molecule has 3 N–H and O–H groups in total. The molecule has 2 aromatic rings. The maximum absolute atomic E-state index is 12.7. The lowest BCUT2D eigenvalue weighted by Crippen LogP contribution is -2.43. The van der Waals surface area contributed by atoms with E-state index in [4.69, 9.17) is 19.4 Å². The average Bonchev–Trinajstić information content (AvgIpc) is 2.76. The van der Waals surface area contributed by atoms with Gasteiger partial charge in [-0.05, 0) is 38.0 Å². The predicted molar refractivity (Wildman–Crippen MR) is 118 cm³/mol. The summed E-state index contributed by atoms with van der Waals surface area (Å²) < 4.78 is 11.0. The van der Waals surface area contributed by atoms with Gasteiger partial charge in [0.2, 0.25) is 0 Å². The van der Waals surface area contributed by atoms with Gasteiger partial charge in [0.05, 0.1) is 26.4 Å². The molecule has 1 unspecified atom stereocenters. The van der Waals surface area contributed by atoms with Crippen LogP contribution >= 0.6 is 0 Å². The third-order valence-corrected chi connectivity index (χ3v) is 5.73. The van der Waals surface area contributed by atoms with E-state index in [0.29, 0.717) is 36.5 Å². The van der Waals surface area contributed by atoms with Crippen LogP contribution in [-0.2, 0) is 11.2 Å². The van der Waals surface area contributed by atoms with Gasteiger partial charge in [0, 0.05) is 54.9 Å². The summed E-state index contributed by atoms with van der Waals surface area (Å²) in [6.45, 7) is 6.96. The van der Waals surface area contributed by atoms with Crippen molar-refractivity contribution in [1.82, 2.24) is 9.80 Å². The molecular formula is C22H31N3O6. The van der Waals surface area contributed by atoms with E-state index in [2.05, 4.69) is 17.1 Å². The van der Waals surface area contributed by atoms with Gasteiger partial charge in [-0.25, -0.2) is 9.59 Å². The van der Waals surface area contributed by atoms with Crippen LogP contribution in [0, 0.1) is 6.92 Å². The Hall–Kier alpha value is -2.46. The first kappa shape index (κ1) is 23.2. The number of nitrogens with zero attached hydrogens (tertiary/aromatic N) is 2. The van der Waals surface area contributed by atoms with Gasteiger partial charge in [-0.2, -0.15) is 0 Å². The smallest absolute Gasteiger partial charge is 0.339 e. The number of hydrogen-bond acceptors (Lipinski definition) is 7. The van der Waals surface area contributed by atoms with E-state index in [1.807, 2.05) is 13.0 Å². The minimum atomic E-state index is -0.447.